The first-order valence-corrected chi connectivity index (χ1v) is 8.36. The van der Waals surface area contributed by atoms with Crippen molar-refractivity contribution in [3.63, 3.8) is 0 Å². The number of hydrogen-bond donors (Lipinski definition) is 2. The van der Waals surface area contributed by atoms with E-state index < -0.39 is 35.2 Å². The van der Waals surface area contributed by atoms with Gasteiger partial charge >= 0.3 is 5.97 Å². The number of carboxylic acid groups (broad SMARTS) is 1. The number of ketones is 2. The van der Waals surface area contributed by atoms with Crippen LogP contribution < -0.4 is 0 Å². The Morgan fingerprint density at radius 3 is 2.76 bits per heavy atom. The Labute approximate surface area is 143 Å². The standard InChI is InChI=1S/C18H18O7/c1-2-4-12-18-16(23)14-10(5-3-6-11(14)19)15(22)17(18,25-18)8-9(24-12)7-13(20)21/h3,5-6,9,12,19H,2,4,7-8H2,1H3,(H,20,21)/t9-,12-,17+,18-/m1/s1. The van der Waals surface area contributed by atoms with E-state index >= 15 is 0 Å². The average molecular weight is 346 g/mol. The van der Waals surface area contributed by atoms with Crippen molar-refractivity contribution in [1.82, 2.24) is 0 Å². The molecule has 7 heteroatoms. The van der Waals surface area contributed by atoms with E-state index in [9.17, 15) is 19.5 Å². The third-order valence-electron chi connectivity index (χ3n) is 5.39. The van der Waals surface area contributed by atoms with Gasteiger partial charge < -0.3 is 19.7 Å². The van der Waals surface area contributed by atoms with Crippen molar-refractivity contribution in [1.29, 1.82) is 0 Å². The summed E-state index contributed by atoms with van der Waals surface area (Å²) in [5.41, 5.74) is -2.71. The minimum Gasteiger partial charge on any atom is -0.507 e. The molecule has 1 aromatic carbocycles. The molecule has 0 radical (unpaired) electrons. The molecule has 1 aromatic rings. The second-order valence-electron chi connectivity index (χ2n) is 6.86. The van der Waals surface area contributed by atoms with E-state index in [0.29, 0.717) is 12.8 Å². The molecule has 4 rings (SSSR count). The predicted molar refractivity (Wildman–Crippen MR) is 83.8 cm³/mol. The number of phenols is 1. The fraction of sp³-hybridized carbons (Fsp3) is 0.500. The van der Waals surface area contributed by atoms with Crippen molar-refractivity contribution in [2.24, 2.45) is 0 Å². The molecule has 0 amide bonds. The van der Waals surface area contributed by atoms with Crippen LogP contribution in [0, 0.1) is 0 Å². The maximum Gasteiger partial charge on any atom is 0.305 e. The van der Waals surface area contributed by atoms with Gasteiger partial charge in [0.2, 0.25) is 5.78 Å². The lowest BCUT2D eigenvalue weighted by Gasteiger charge is -2.38. The molecule has 1 aliphatic carbocycles. The van der Waals surface area contributed by atoms with E-state index in [2.05, 4.69) is 0 Å². The van der Waals surface area contributed by atoms with Crippen LogP contribution in [0.5, 0.6) is 5.75 Å². The molecule has 2 aliphatic heterocycles. The smallest absolute Gasteiger partial charge is 0.305 e. The number of aliphatic carboxylic acids is 1. The fourth-order valence-electron chi connectivity index (χ4n) is 4.37. The molecule has 2 N–H and O–H groups in total. The zero-order valence-electron chi connectivity index (χ0n) is 13.7. The first kappa shape index (κ1) is 16.2. The lowest BCUT2D eigenvalue weighted by molar-refractivity contribution is -0.143. The number of carbonyl (C=O) groups excluding carboxylic acids is 2. The van der Waals surface area contributed by atoms with Crippen molar-refractivity contribution in [2.45, 2.75) is 56.0 Å². The van der Waals surface area contributed by atoms with Gasteiger partial charge in [0.05, 0.1) is 24.2 Å². The molecule has 0 bridgehead atoms. The zero-order chi connectivity index (χ0) is 18.0. The summed E-state index contributed by atoms with van der Waals surface area (Å²) in [5.74, 6) is -2.11. The highest BCUT2D eigenvalue weighted by atomic mass is 16.7. The molecule has 2 heterocycles. The van der Waals surface area contributed by atoms with Crippen molar-refractivity contribution < 1.29 is 34.1 Å². The highest BCUT2D eigenvalue weighted by molar-refractivity contribution is 6.26. The number of benzene rings is 1. The molecular formula is C18H18O7. The Kier molecular flexibility index (Phi) is 3.33. The van der Waals surface area contributed by atoms with Crippen molar-refractivity contribution >= 4 is 17.5 Å². The first-order chi connectivity index (χ1) is 11.9. The van der Waals surface area contributed by atoms with E-state index in [1.807, 2.05) is 6.92 Å². The molecule has 2 saturated heterocycles. The van der Waals surface area contributed by atoms with Gasteiger partial charge in [0, 0.05) is 12.0 Å². The summed E-state index contributed by atoms with van der Waals surface area (Å²) < 4.78 is 11.7. The number of ether oxygens (including phenoxy) is 2. The summed E-state index contributed by atoms with van der Waals surface area (Å²) >= 11 is 0. The van der Waals surface area contributed by atoms with Gasteiger partial charge in [-0.1, -0.05) is 25.5 Å². The second kappa shape index (κ2) is 5.12. The molecule has 0 unspecified atom stereocenters. The summed E-state index contributed by atoms with van der Waals surface area (Å²) in [5, 5.41) is 19.2. The number of Topliss-reactive ketones (excluding diaryl/α,β-unsaturated/α-hetero) is 2. The van der Waals surface area contributed by atoms with Crippen molar-refractivity contribution in [3.8, 4) is 5.75 Å². The average Bonchev–Trinajstić information content (AvgIpc) is 3.25. The summed E-state index contributed by atoms with van der Waals surface area (Å²) in [6, 6.07) is 4.36. The zero-order valence-corrected chi connectivity index (χ0v) is 13.7. The van der Waals surface area contributed by atoms with E-state index in [0.717, 1.165) is 0 Å². The fourth-order valence-corrected chi connectivity index (χ4v) is 4.37. The number of aromatic hydroxyl groups is 1. The van der Waals surface area contributed by atoms with Gasteiger partial charge in [0.15, 0.2) is 17.0 Å². The number of epoxide rings is 1. The van der Waals surface area contributed by atoms with Crippen LogP contribution in [0.4, 0.5) is 0 Å². The van der Waals surface area contributed by atoms with Gasteiger partial charge in [-0.3, -0.25) is 14.4 Å². The van der Waals surface area contributed by atoms with E-state index in [-0.39, 0.29) is 35.5 Å². The normalized spacial score (nSPS) is 35.6. The molecule has 0 aromatic heterocycles. The number of fused-ring (bicyclic) bond motifs is 1. The minimum absolute atomic E-state index is 0.0259. The maximum absolute atomic E-state index is 13.2. The van der Waals surface area contributed by atoms with Crippen LogP contribution in [0.25, 0.3) is 0 Å². The molecule has 0 spiro atoms. The van der Waals surface area contributed by atoms with Crippen LogP contribution in [-0.4, -0.2) is 51.2 Å². The van der Waals surface area contributed by atoms with Crippen molar-refractivity contribution in [3.05, 3.63) is 29.3 Å². The van der Waals surface area contributed by atoms with E-state index in [1.54, 1.807) is 0 Å². The summed E-state index contributed by atoms with van der Waals surface area (Å²) in [6.07, 6.45) is -0.490. The van der Waals surface area contributed by atoms with E-state index in [4.69, 9.17) is 14.6 Å². The molecular weight excluding hydrogens is 328 g/mol. The Hall–Kier alpha value is -2.25. The highest BCUT2D eigenvalue weighted by Crippen LogP contribution is 2.64. The van der Waals surface area contributed by atoms with Crippen LogP contribution in [0.1, 0.15) is 53.3 Å². The van der Waals surface area contributed by atoms with Gasteiger partial charge in [-0.2, -0.15) is 0 Å². The number of carbonyl (C=O) groups is 3. The second-order valence-corrected chi connectivity index (χ2v) is 6.86. The summed E-state index contributed by atoms with van der Waals surface area (Å²) in [7, 11) is 0. The summed E-state index contributed by atoms with van der Waals surface area (Å²) in [4.78, 5) is 37.3. The maximum atomic E-state index is 13.2. The Balaban J connectivity index is 1.84. The molecule has 4 atom stereocenters. The van der Waals surface area contributed by atoms with Crippen LogP contribution >= 0.6 is 0 Å². The lowest BCUT2D eigenvalue weighted by atomic mass is 9.67. The van der Waals surface area contributed by atoms with Crippen molar-refractivity contribution in [2.75, 3.05) is 0 Å². The lowest BCUT2D eigenvalue weighted by Crippen LogP contribution is -2.58. The quantitative estimate of drug-likeness (QED) is 0.798. The molecule has 0 saturated carbocycles. The third kappa shape index (κ3) is 1.90. The number of rotatable bonds is 4. The van der Waals surface area contributed by atoms with Crippen LogP contribution in [0.15, 0.2) is 18.2 Å². The monoisotopic (exact) mass is 346 g/mol. The van der Waals surface area contributed by atoms with Crippen LogP contribution in [0.3, 0.4) is 0 Å². The SMILES string of the molecule is CCC[C@H]1O[C@H](CC(=O)O)C[C@@]23O[C@@]12C(=O)c1c(O)cccc1C3=O. The van der Waals surface area contributed by atoms with Crippen LogP contribution in [-0.2, 0) is 14.3 Å². The predicted octanol–water partition coefficient (Wildman–Crippen LogP) is 1.71. The highest BCUT2D eigenvalue weighted by Gasteiger charge is 2.85. The number of carboxylic acids is 1. The van der Waals surface area contributed by atoms with E-state index in [1.165, 1.54) is 18.2 Å². The Morgan fingerprint density at radius 1 is 1.32 bits per heavy atom. The van der Waals surface area contributed by atoms with Gasteiger partial charge in [-0.05, 0) is 12.5 Å². The number of hydrogen-bond acceptors (Lipinski definition) is 6. The van der Waals surface area contributed by atoms with Gasteiger partial charge in [0.1, 0.15) is 5.75 Å². The summed E-state index contributed by atoms with van der Waals surface area (Å²) in [6.45, 7) is 1.91. The third-order valence-corrected chi connectivity index (χ3v) is 5.39. The molecule has 132 valence electrons. The number of phenolic OH excluding ortho intramolecular Hbond substituents is 1. The largest absolute Gasteiger partial charge is 0.507 e. The molecule has 7 nitrogen and oxygen atoms in total. The molecule has 2 fully saturated rings. The Morgan fingerprint density at radius 2 is 2.08 bits per heavy atom. The topological polar surface area (TPSA) is 113 Å². The Bertz CT molecular complexity index is 801. The molecule has 25 heavy (non-hydrogen) atoms. The van der Waals surface area contributed by atoms with Gasteiger partial charge in [-0.15, -0.1) is 0 Å². The molecule has 3 aliphatic rings. The van der Waals surface area contributed by atoms with Crippen LogP contribution in [0.2, 0.25) is 0 Å². The van der Waals surface area contributed by atoms with Gasteiger partial charge in [-0.25, -0.2) is 0 Å². The minimum atomic E-state index is -1.44. The first-order valence-electron chi connectivity index (χ1n) is 8.36. The van der Waals surface area contributed by atoms with Gasteiger partial charge in [0.25, 0.3) is 0 Å².